The molecule has 0 bridgehead atoms. The van der Waals surface area contributed by atoms with Crippen LogP contribution in [0.2, 0.25) is 0 Å². The normalized spacial score (nSPS) is 14.0. The molecule has 0 saturated heterocycles. The fraction of sp³-hybridized carbons (Fsp3) is 0.500. The zero-order chi connectivity index (χ0) is 13.2. The van der Waals surface area contributed by atoms with Crippen molar-refractivity contribution in [2.24, 2.45) is 0 Å². The molecular weight excluding hydrogens is 226 g/mol. The van der Waals surface area contributed by atoms with Gasteiger partial charge in [-0.25, -0.2) is 0 Å². The van der Waals surface area contributed by atoms with Crippen LogP contribution in [-0.4, -0.2) is 35.6 Å². The number of rotatable bonds is 5. The van der Waals surface area contributed by atoms with Crippen molar-refractivity contribution in [3.63, 3.8) is 0 Å². The van der Waals surface area contributed by atoms with E-state index in [2.05, 4.69) is 36.4 Å². The van der Waals surface area contributed by atoms with Crippen molar-refractivity contribution in [3.05, 3.63) is 30.5 Å². The number of para-hydroxylation sites is 1. The molecule has 4 nitrogen and oxygen atoms in total. The Hall–Kier alpha value is -1.39. The summed E-state index contributed by atoms with van der Waals surface area (Å²) in [4.78, 5) is 0. The van der Waals surface area contributed by atoms with Crippen LogP contribution in [0, 0.1) is 0 Å². The van der Waals surface area contributed by atoms with Gasteiger partial charge in [-0.05, 0) is 27.0 Å². The number of aromatic nitrogens is 2. The van der Waals surface area contributed by atoms with E-state index in [0.717, 1.165) is 12.1 Å². The summed E-state index contributed by atoms with van der Waals surface area (Å²) >= 11 is 0. The summed E-state index contributed by atoms with van der Waals surface area (Å²) in [6, 6.07) is 8.44. The van der Waals surface area contributed by atoms with Gasteiger partial charge in [-0.3, -0.25) is 4.68 Å². The first-order valence-corrected chi connectivity index (χ1v) is 6.21. The van der Waals surface area contributed by atoms with Gasteiger partial charge in [-0.2, -0.15) is 5.10 Å². The molecule has 98 valence electrons. The fourth-order valence-electron chi connectivity index (χ4n) is 2.15. The molecule has 2 rings (SSSR count). The SMILES string of the molecule is CNC(Cn1ncc2ccccc21)C(C)(C)OC. The van der Waals surface area contributed by atoms with Gasteiger partial charge in [-0.15, -0.1) is 0 Å². The van der Waals surface area contributed by atoms with E-state index < -0.39 is 0 Å². The van der Waals surface area contributed by atoms with Crippen LogP contribution in [0.15, 0.2) is 30.5 Å². The molecule has 4 heteroatoms. The van der Waals surface area contributed by atoms with E-state index in [1.54, 1.807) is 7.11 Å². The van der Waals surface area contributed by atoms with Crippen LogP contribution in [0.25, 0.3) is 10.9 Å². The number of hydrogen-bond donors (Lipinski definition) is 1. The second-order valence-electron chi connectivity index (χ2n) is 5.03. The average molecular weight is 247 g/mol. The highest BCUT2D eigenvalue weighted by Crippen LogP contribution is 2.18. The Bertz CT molecular complexity index is 518. The maximum Gasteiger partial charge on any atom is 0.0793 e. The Morgan fingerprint density at radius 1 is 1.39 bits per heavy atom. The molecule has 1 unspecified atom stereocenters. The Morgan fingerprint density at radius 2 is 2.11 bits per heavy atom. The number of ether oxygens (including phenoxy) is 1. The molecule has 2 aromatic rings. The lowest BCUT2D eigenvalue weighted by Gasteiger charge is -2.32. The predicted octanol–water partition coefficient (Wildman–Crippen LogP) is 2.05. The third-order valence-corrected chi connectivity index (χ3v) is 3.62. The van der Waals surface area contributed by atoms with Gasteiger partial charge in [0, 0.05) is 12.5 Å². The minimum Gasteiger partial charge on any atom is -0.377 e. The highest BCUT2D eigenvalue weighted by molar-refractivity contribution is 5.78. The second kappa shape index (κ2) is 5.08. The van der Waals surface area contributed by atoms with Crippen LogP contribution in [-0.2, 0) is 11.3 Å². The lowest BCUT2D eigenvalue weighted by molar-refractivity contribution is -0.0133. The molecule has 1 aromatic heterocycles. The van der Waals surface area contributed by atoms with Gasteiger partial charge >= 0.3 is 0 Å². The highest BCUT2D eigenvalue weighted by atomic mass is 16.5. The molecule has 0 radical (unpaired) electrons. The molecule has 0 saturated carbocycles. The van der Waals surface area contributed by atoms with Crippen LogP contribution in [0.1, 0.15) is 13.8 Å². The van der Waals surface area contributed by atoms with Crippen molar-refractivity contribution >= 4 is 10.9 Å². The zero-order valence-corrected chi connectivity index (χ0v) is 11.5. The summed E-state index contributed by atoms with van der Waals surface area (Å²) in [7, 11) is 3.70. The minimum atomic E-state index is -0.234. The van der Waals surface area contributed by atoms with Gasteiger partial charge in [-0.1, -0.05) is 18.2 Å². The van der Waals surface area contributed by atoms with E-state index in [-0.39, 0.29) is 11.6 Å². The highest BCUT2D eigenvalue weighted by Gasteiger charge is 2.28. The monoisotopic (exact) mass is 247 g/mol. The molecule has 0 fully saturated rings. The van der Waals surface area contributed by atoms with E-state index in [9.17, 15) is 0 Å². The Morgan fingerprint density at radius 3 is 2.78 bits per heavy atom. The molecule has 0 aliphatic carbocycles. The summed E-state index contributed by atoms with van der Waals surface area (Å²) in [5.41, 5.74) is 0.923. The zero-order valence-electron chi connectivity index (χ0n) is 11.5. The number of fused-ring (bicyclic) bond motifs is 1. The molecule has 1 aromatic carbocycles. The number of nitrogens with one attached hydrogen (secondary N) is 1. The van der Waals surface area contributed by atoms with E-state index in [1.165, 1.54) is 5.39 Å². The lowest BCUT2D eigenvalue weighted by Crippen LogP contribution is -2.49. The first-order chi connectivity index (χ1) is 8.58. The van der Waals surface area contributed by atoms with Gasteiger partial charge in [0.1, 0.15) is 0 Å². The first-order valence-electron chi connectivity index (χ1n) is 6.21. The van der Waals surface area contributed by atoms with Crippen molar-refractivity contribution in [2.75, 3.05) is 14.2 Å². The molecule has 1 atom stereocenters. The maximum absolute atomic E-state index is 5.55. The average Bonchev–Trinajstić information content (AvgIpc) is 2.79. The van der Waals surface area contributed by atoms with Gasteiger partial charge in [0.25, 0.3) is 0 Å². The quantitative estimate of drug-likeness (QED) is 0.879. The van der Waals surface area contributed by atoms with Gasteiger partial charge in [0.2, 0.25) is 0 Å². The Kier molecular flexibility index (Phi) is 3.68. The number of hydrogen-bond acceptors (Lipinski definition) is 3. The topological polar surface area (TPSA) is 39.1 Å². The number of benzene rings is 1. The largest absolute Gasteiger partial charge is 0.377 e. The van der Waals surface area contributed by atoms with Crippen molar-refractivity contribution in [1.29, 1.82) is 0 Å². The third-order valence-electron chi connectivity index (χ3n) is 3.62. The van der Waals surface area contributed by atoms with Gasteiger partial charge < -0.3 is 10.1 Å². The van der Waals surface area contributed by atoms with Gasteiger partial charge in [0.05, 0.1) is 29.9 Å². The number of methoxy groups -OCH3 is 1. The summed E-state index contributed by atoms with van der Waals surface area (Å²) < 4.78 is 7.57. The van der Waals surface area contributed by atoms with E-state index in [0.29, 0.717) is 0 Å². The molecule has 0 amide bonds. The summed E-state index contributed by atoms with van der Waals surface area (Å²) in [6.07, 6.45) is 1.90. The Labute approximate surface area is 108 Å². The molecule has 1 heterocycles. The predicted molar refractivity (Wildman–Crippen MR) is 73.7 cm³/mol. The first kappa shape index (κ1) is 13.1. The molecule has 0 aliphatic heterocycles. The summed E-state index contributed by atoms with van der Waals surface area (Å²) in [5, 5.41) is 8.93. The van der Waals surface area contributed by atoms with Crippen LogP contribution in [0.4, 0.5) is 0 Å². The van der Waals surface area contributed by atoms with Gasteiger partial charge in [0.15, 0.2) is 0 Å². The van der Waals surface area contributed by atoms with Crippen molar-refractivity contribution < 1.29 is 4.74 Å². The number of nitrogens with zero attached hydrogens (tertiary/aromatic N) is 2. The van der Waals surface area contributed by atoms with Crippen molar-refractivity contribution in [2.45, 2.75) is 32.0 Å². The van der Waals surface area contributed by atoms with Crippen molar-refractivity contribution in [1.82, 2.24) is 15.1 Å². The molecular formula is C14H21N3O. The van der Waals surface area contributed by atoms with Crippen LogP contribution in [0.3, 0.4) is 0 Å². The second-order valence-corrected chi connectivity index (χ2v) is 5.03. The minimum absolute atomic E-state index is 0.200. The lowest BCUT2D eigenvalue weighted by atomic mass is 9.98. The molecule has 0 aliphatic rings. The van der Waals surface area contributed by atoms with Crippen LogP contribution in [0.5, 0.6) is 0 Å². The third kappa shape index (κ3) is 2.40. The standard InChI is InChI=1S/C14H21N3O/c1-14(2,18-4)13(15-3)10-17-12-8-6-5-7-11(12)9-16-17/h5-9,13,15H,10H2,1-4H3. The van der Waals surface area contributed by atoms with Crippen molar-refractivity contribution in [3.8, 4) is 0 Å². The van der Waals surface area contributed by atoms with Crippen LogP contribution < -0.4 is 5.32 Å². The van der Waals surface area contributed by atoms with E-state index >= 15 is 0 Å². The molecule has 0 spiro atoms. The van der Waals surface area contributed by atoms with E-state index in [4.69, 9.17) is 4.74 Å². The van der Waals surface area contributed by atoms with Crippen LogP contribution >= 0.6 is 0 Å². The molecule has 18 heavy (non-hydrogen) atoms. The van der Waals surface area contributed by atoms with E-state index in [1.807, 2.05) is 30.1 Å². The summed E-state index contributed by atoms with van der Waals surface area (Å²) in [6.45, 7) is 4.95. The smallest absolute Gasteiger partial charge is 0.0793 e. The molecule has 1 N–H and O–H groups in total. The Balaban J connectivity index is 2.27. The fourth-order valence-corrected chi connectivity index (χ4v) is 2.15. The number of likely N-dealkylation sites (N-methyl/N-ethyl adjacent to an activating group) is 1. The maximum atomic E-state index is 5.55. The summed E-state index contributed by atoms with van der Waals surface area (Å²) in [5.74, 6) is 0.